The number of fused-ring (bicyclic) bond motifs is 3. The topological polar surface area (TPSA) is 15.3 Å². The van der Waals surface area contributed by atoms with Gasteiger partial charge >= 0.3 is 0 Å². The highest BCUT2D eigenvalue weighted by Gasteiger charge is 2.38. The number of nitrogens with one attached hydrogen (secondary N) is 1. The molecule has 2 heterocycles. The van der Waals surface area contributed by atoms with Crippen molar-refractivity contribution in [2.75, 3.05) is 6.54 Å². The van der Waals surface area contributed by atoms with Crippen LogP contribution in [0.15, 0.2) is 24.3 Å². The number of piperidine rings is 1. The van der Waals surface area contributed by atoms with Crippen LogP contribution in [0, 0.1) is 0 Å². The van der Waals surface area contributed by atoms with Crippen molar-refractivity contribution >= 4 is 0 Å². The molecule has 0 aromatic heterocycles. The minimum atomic E-state index is 0.754. The molecule has 0 amide bonds. The first-order valence-corrected chi connectivity index (χ1v) is 8.92. The third kappa shape index (κ3) is 2.64. The van der Waals surface area contributed by atoms with E-state index in [1.807, 2.05) is 0 Å². The van der Waals surface area contributed by atoms with Crippen molar-refractivity contribution in [3.05, 3.63) is 35.4 Å². The van der Waals surface area contributed by atoms with E-state index in [0.29, 0.717) is 0 Å². The van der Waals surface area contributed by atoms with Gasteiger partial charge in [0.1, 0.15) is 0 Å². The molecule has 1 N–H and O–H groups in total. The Morgan fingerprint density at radius 2 is 1.62 bits per heavy atom. The van der Waals surface area contributed by atoms with Gasteiger partial charge in [-0.2, -0.15) is 0 Å². The highest BCUT2D eigenvalue weighted by atomic mass is 15.2. The Balaban J connectivity index is 1.50. The maximum absolute atomic E-state index is 3.80. The van der Waals surface area contributed by atoms with Crippen LogP contribution in [-0.4, -0.2) is 35.6 Å². The van der Waals surface area contributed by atoms with E-state index in [9.17, 15) is 0 Å². The maximum Gasteiger partial charge on any atom is 0.0179 e. The Hall–Kier alpha value is -0.860. The second-order valence-corrected chi connectivity index (χ2v) is 7.33. The monoisotopic (exact) mass is 284 g/mol. The van der Waals surface area contributed by atoms with Crippen molar-refractivity contribution in [1.82, 2.24) is 10.2 Å². The van der Waals surface area contributed by atoms with Gasteiger partial charge in [-0.1, -0.05) is 31.2 Å². The fourth-order valence-electron chi connectivity index (χ4n) is 4.99. The molecule has 2 unspecified atom stereocenters. The zero-order chi connectivity index (χ0) is 14.2. The normalized spacial score (nSPS) is 31.8. The van der Waals surface area contributed by atoms with E-state index < -0.39 is 0 Å². The minimum Gasteiger partial charge on any atom is -0.311 e. The van der Waals surface area contributed by atoms with Gasteiger partial charge in [0.05, 0.1) is 0 Å². The number of hydrogen-bond acceptors (Lipinski definition) is 2. The van der Waals surface area contributed by atoms with Gasteiger partial charge in [0, 0.05) is 24.2 Å². The van der Waals surface area contributed by atoms with E-state index in [2.05, 4.69) is 41.4 Å². The highest BCUT2D eigenvalue weighted by Crippen LogP contribution is 2.34. The molecule has 2 aliphatic heterocycles. The molecular formula is C19H28N2. The maximum atomic E-state index is 3.80. The molecule has 1 aliphatic carbocycles. The minimum absolute atomic E-state index is 0.754. The Kier molecular flexibility index (Phi) is 3.76. The predicted molar refractivity (Wildman–Crippen MR) is 87.6 cm³/mol. The Labute approximate surface area is 128 Å². The van der Waals surface area contributed by atoms with Gasteiger partial charge in [0.15, 0.2) is 0 Å². The van der Waals surface area contributed by atoms with Gasteiger partial charge < -0.3 is 5.32 Å². The molecule has 2 nitrogen and oxygen atoms in total. The van der Waals surface area contributed by atoms with Crippen LogP contribution < -0.4 is 5.32 Å². The van der Waals surface area contributed by atoms with E-state index in [-0.39, 0.29) is 0 Å². The molecule has 1 aromatic rings. The first-order valence-electron chi connectivity index (χ1n) is 8.92. The average molecular weight is 284 g/mol. The van der Waals surface area contributed by atoms with Gasteiger partial charge in [0.2, 0.25) is 0 Å². The quantitative estimate of drug-likeness (QED) is 0.914. The molecule has 21 heavy (non-hydrogen) atoms. The first kappa shape index (κ1) is 13.8. The zero-order valence-electron chi connectivity index (χ0n) is 13.2. The van der Waals surface area contributed by atoms with Crippen LogP contribution in [-0.2, 0) is 12.8 Å². The van der Waals surface area contributed by atoms with Gasteiger partial charge in [-0.15, -0.1) is 0 Å². The smallest absolute Gasteiger partial charge is 0.0179 e. The molecular weight excluding hydrogens is 256 g/mol. The van der Waals surface area contributed by atoms with Crippen molar-refractivity contribution in [3.63, 3.8) is 0 Å². The molecule has 0 saturated carbocycles. The summed E-state index contributed by atoms with van der Waals surface area (Å²) in [6, 6.07) is 12.3. The van der Waals surface area contributed by atoms with Crippen LogP contribution in [0.3, 0.4) is 0 Å². The van der Waals surface area contributed by atoms with Crippen LogP contribution in [0.25, 0.3) is 0 Å². The summed E-state index contributed by atoms with van der Waals surface area (Å²) in [5.74, 6) is 0. The third-order valence-electron chi connectivity index (χ3n) is 5.90. The number of nitrogens with zero attached hydrogens (tertiary/aromatic N) is 1. The Morgan fingerprint density at radius 3 is 2.19 bits per heavy atom. The SMILES string of the molecule is CCCN(C1Cc2ccccc2C1)C1CC2CCC(C1)N2. The van der Waals surface area contributed by atoms with Crippen molar-refractivity contribution in [2.45, 2.75) is 76.0 Å². The van der Waals surface area contributed by atoms with Gasteiger partial charge in [0.25, 0.3) is 0 Å². The van der Waals surface area contributed by atoms with Crippen molar-refractivity contribution < 1.29 is 0 Å². The predicted octanol–water partition coefficient (Wildman–Crippen LogP) is 3.15. The average Bonchev–Trinajstić information content (AvgIpc) is 3.07. The molecule has 2 bridgehead atoms. The van der Waals surface area contributed by atoms with Gasteiger partial charge in [-0.25, -0.2) is 0 Å². The van der Waals surface area contributed by atoms with Crippen molar-refractivity contribution in [2.24, 2.45) is 0 Å². The van der Waals surface area contributed by atoms with E-state index in [1.165, 1.54) is 51.5 Å². The summed E-state index contributed by atoms with van der Waals surface area (Å²) in [5, 5.41) is 3.80. The summed E-state index contributed by atoms with van der Waals surface area (Å²) in [6.07, 6.45) is 9.40. The van der Waals surface area contributed by atoms with E-state index in [1.54, 1.807) is 11.1 Å². The number of rotatable bonds is 4. The second-order valence-electron chi connectivity index (χ2n) is 7.33. The summed E-state index contributed by atoms with van der Waals surface area (Å²) in [6.45, 7) is 3.62. The molecule has 114 valence electrons. The standard InChI is InChI=1S/C19H28N2/c1-2-9-21(19-12-16-7-8-17(13-19)20-16)18-10-14-5-3-4-6-15(14)11-18/h3-6,16-20H,2,7-13H2,1H3. The summed E-state index contributed by atoms with van der Waals surface area (Å²) in [7, 11) is 0. The van der Waals surface area contributed by atoms with Crippen LogP contribution in [0.5, 0.6) is 0 Å². The molecule has 0 radical (unpaired) electrons. The van der Waals surface area contributed by atoms with Crippen LogP contribution in [0.1, 0.15) is 50.2 Å². The zero-order valence-corrected chi connectivity index (χ0v) is 13.2. The van der Waals surface area contributed by atoms with E-state index in [0.717, 1.165) is 24.2 Å². The van der Waals surface area contributed by atoms with Gasteiger partial charge in [-0.3, -0.25) is 4.90 Å². The summed E-state index contributed by atoms with van der Waals surface area (Å²) in [4.78, 5) is 2.88. The van der Waals surface area contributed by atoms with Gasteiger partial charge in [-0.05, 0) is 62.6 Å². The lowest BCUT2D eigenvalue weighted by molar-refractivity contribution is 0.0972. The molecule has 2 fully saturated rings. The first-order chi connectivity index (χ1) is 10.3. The fraction of sp³-hybridized carbons (Fsp3) is 0.684. The summed E-state index contributed by atoms with van der Waals surface area (Å²) >= 11 is 0. The van der Waals surface area contributed by atoms with Crippen molar-refractivity contribution in [1.29, 1.82) is 0 Å². The number of hydrogen-bond donors (Lipinski definition) is 1. The van der Waals surface area contributed by atoms with E-state index in [4.69, 9.17) is 0 Å². The lowest BCUT2D eigenvalue weighted by Gasteiger charge is -2.41. The number of benzene rings is 1. The fourth-order valence-corrected chi connectivity index (χ4v) is 4.99. The molecule has 2 saturated heterocycles. The summed E-state index contributed by atoms with van der Waals surface area (Å²) in [5.41, 5.74) is 3.20. The molecule has 0 spiro atoms. The Morgan fingerprint density at radius 1 is 1.00 bits per heavy atom. The molecule has 2 heteroatoms. The molecule has 2 atom stereocenters. The lowest BCUT2D eigenvalue weighted by atomic mass is 9.95. The second kappa shape index (κ2) is 5.73. The van der Waals surface area contributed by atoms with Crippen LogP contribution in [0.4, 0.5) is 0 Å². The van der Waals surface area contributed by atoms with Crippen LogP contribution in [0.2, 0.25) is 0 Å². The molecule has 3 aliphatic rings. The van der Waals surface area contributed by atoms with Crippen molar-refractivity contribution in [3.8, 4) is 0 Å². The molecule has 1 aromatic carbocycles. The lowest BCUT2D eigenvalue weighted by Crippen LogP contribution is -2.52. The van der Waals surface area contributed by atoms with Crippen LogP contribution >= 0.6 is 0 Å². The largest absolute Gasteiger partial charge is 0.311 e. The molecule has 4 rings (SSSR count). The highest BCUT2D eigenvalue weighted by molar-refractivity contribution is 5.33. The summed E-state index contributed by atoms with van der Waals surface area (Å²) < 4.78 is 0. The van der Waals surface area contributed by atoms with E-state index >= 15 is 0 Å². The Bertz CT molecular complexity index is 461. The third-order valence-corrected chi connectivity index (χ3v) is 5.90.